The summed E-state index contributed by atoms with van der Waals surface area (Å²) in [6.45, 7) is 0. The molecule has 1 atom stereocenters. The van der Waals surface area contributed by atoms with E-state index in [-0.39, 0.29) is 5.84 Å². The average molecular weight is 268 g/mol. The standard InChI is InChI=1S/C11H10ClN3O3/c1-14-9(6-16)15(13-10(14)11(17)18)8-4-2-7(12)3-5-8/h2-6,9H,1H3,(H,17,18). The van der Waals surface area contributed by atoms with E-state index in [1.165, 1.54) is 17.0 Å². The number of carbonyl (C=O) groups excluding carboxylic acids is 1. The number of hydrogen-bond donors (Lipinski definition) is 1. The number of hydrazone groups is 1. The van der Waals surface area contributed by atoms with Gasteiger partial charge in [-0.15, -0.1) is 5.10 Å². The van der Waals surface area contributed by atoms with Crippen LogP contribution in [0.2, 0.25) is 5.02 Å². The molecule has 7 heteroatoms. The maximum Gasteiger partial charge on any atom is 0.373 e. The number of hydrogen-bond acceptors (Lipinski definition) is 5. The minimum Gasteiger partial charge on any atom is -0.475 e. The Bertz CT molecular complexity index is 515. The lowest BCUT2D eigenvalue weighted by Crippen LogP contribution is -2.42. The average Bonchev–Trinajstić information content (AvgIpc) is 2.67. The molecule has 0 spiro atoms. The molecule has 0 radical (unpaired) electrons. The van der Waals surface area contributed by atoms with Gasteiger partial charge in [-0.3, -0.25) is 4.79 Å². The number of nitrogens with zero attached hydrogens (tertiary/aromatic N) is 3. The Balaban J connectivity index is 2.39. The van der Waals surface area contributed by atoms with Crippen molar-refractivity contribution in [3.63, 3.8) is 0 Å². The van der Waals surface area contributed by atoms with Crippen molar-refractivity contribution in [1.82, 2.24) is 4.90 Å². The highest BCUT2D eigenvalue weighted by Crippen LogP contribution is 2.24. The van der Waals surface area contributed by atoms with Crippen molar-refractivity contribution in [1.29, 1.82) is 0 Å². The number of likely N-dealkylation sites (N-methyl/N-ethyl adjacent to an activating group) is 1. The van der Waals surface area contributed by atoms with Crippen molar-refractivity contribution in [3.8, 4) is 0 Å². The molecule has 0 bridgehead atoms. The molecule has 94 valence electrons. The second-order valence-corrected chi connectivity index (χ2v) is 4.15. The lowest BCUT2D eigenvalue weighted by molar-refractivity contribution is -0.130. The summed E-state index contributed by atoms with van der Waals surface area (Å²) in [5.74, 6) is -1.36. The first-order valence-corrected chi connectivity index (χ1v) is 5.47. The maximum absolute atomic E-state index is 11.1. The lowest BCUT2D eigenvalue weighted by Gasteiger charge is -2.23. The fourth-order valence-electron chi connectivity index (χ4n) is 1.67. The van der Waals surface area contributed by atoms with Crippen molar-refractivity contribution in [2.75, 3.05) is 12.1 Å². The van der Waals surface area contributed by atoms with Gasteiger partial charge in [0.1, 0.15) is 0 Å². The molecule has 6 nitrogen and oxygen atoms in total. The summed E-state index contributed by atoms with van der Waals surface area (Å²) in [7, 11) is 1.50. The second kappa shape index (κ2) is 4.66. The Morgan fingerprint density at radius 3 is 2.56 bits per heavy atom. The molecular weight excluding hydrogens is 258 g/mol. The van der Waals surface area contributed by atoms with E-state index in [0.717, 1.165) is 0 Å². The maximum atomic E-state index is 11.1. The van der Waals surface area contributed by atoms with Gasteiger partial charge in [-0.05, 0) is 24.3 Å². The number of amidine groups is 1. The van der Waals surface area contributed by atoms with Gasteiger partial charge < -0.3 is 10.0 Å². The number of anilines is 1. The third-order valence-electron chi connectivity index (χ3n) is 2.59. The van der Waals surface area contributed by atoms with Crippen molar-refractivity contribution < 1.29 is 14.7 Å². The summed E-state index contributed by atoms with van der Waals surface area (Å²) < 4.78 is 0. The van der Waals surface area contributed by atoms with E-state index >= 15 is 0 Å². The van der Waals surface area contributed by atoms with Crippen LogP contribution < -0.4 is 5.01 Å². The Morgan fingerprint density at radius 2 is 2.06 bits per heavy atom. The van der Waals surface area contributed by atoms with Gasteiger partial charge in [-0.25, -0.2) is 9.80 Å². The van der Waals surface area contributed by atoms with Crippen molar-refractivity contribution >= 4 is 35.4 Å². The highest BCUT2D eigenvalue weighted by atomic mass is 35.5. The molecule has 1 aliphatic heterocycles. The topological polar surface area (TPSA) is 73.2 Å². The highest BCUT2D eigenvalue weighted by Gasteiger charge is 2.35. The van der Waals surface area contributed by atoms with Gasteiger partial charge in [0.2, 0.25) is 5.84 Å². The van der Waals surface area contributed by atoms with Gasteiger partial charge >= 0.3 is 5.97 Å². The molecule has 0 fully saturated rings. The van der Waals surface area contributed by atoms with Gasteiger partial charge in [0.15, 0.2) is 12.5 Å². The zero-order valence-electron chi connectivity index (χ0n) is 9.45. The van der Waals surface area contributed by atoms with E-state index in [2.05, 4.69) is 5.10 Å². The summed E-state index contributed by atoms with van der Waals surface area (Å²) in [5, 5.41) is 14.8. The number of carboxylic acid groups (broad SMARTS) is 1. The Morgan fingerprint density at radius 1 is 1.44 bits per heavy atom. The third-order valence-corrected chi connectivity index (χ3v) is 2.84. The van der Waals surface area contributed by atoms with Crippen LogP contribution in [0, 0.1) is 0 Å². The van der Waals surface area contributed by atoms with E-state index in [1.807, 2.05) is 0 Å². The SMILES string of the molecule is CN1C(C(=O)O)=NN(c2ccc(Cl)cc2)C1C=O. The Hall–Kier alpha value is -2.08. The van der Waals surface area contributed by atoms with Crippen molar-refractivity contribution in [3.05, 3.63) is 29.3 Å². The smallest absolute Gasteiger partial charge is 0.373 e. The van der Waals surface area contributed by atoms with Gasteiger partial charge in [-0.2, -0.15) is 0 Å². The van der Waals surface area contributed by atoms with E-state index in [9.17, 15) is 9.59 Å². The number of aliphatic carboxylic acids is 1. The summed E-state index contributed by atoms with van der Waals surface area (Å²) in [4.78, 5) is 23.3. The number of carbonyl (C=O) groups is 2. The van der Waals surface area contributed by atoms with Crippen molar-refractivity contribution in [2.24, 2.45) is 5.10 Å². The van der Waals surface area contributed by atoms with Gasteiger partial charge in [0.25, 0.3) is 0 Å². The molecule has 1 N–H and O–H groups in total. The minimum atomic E-state index is -1.18. The summed E-state index contributed by atoms with van der Waals surface area (Å²) in [5.41, 5.74) is 0.597. The number of halogens is 1. The molecule has 18 heavy (non-hydrogen) atoms. The number of benzene rings is 1. The molecule has 1 aromatic rings. The van der Waals surface area contributed by atoms with Crippen LogP contribution in [0.5, 0.6) is 0 Å². The zero-order chi connectivity index (χ0) is 13.3. The van der Waals surface area contributed by atoms with Crippen LogP contribution in [-0.2, 0) is 9.59 Å². The molecular formula is C11H10ClN3O3. The lowest BCUT2D eigenvalue weighted by atomic mass is 10.3. The molecule has 0 amide bonds. The van der Waals surface area contributed by atoms with E-state index in [1.54, 1.807) is 24.3 Å². The van der Waals surface area contributed by atoms with Gasteiger partial charge in [0.05, 0.1) is 5.69 Å². The summed E-state index contributed by atoms with van der Waals surface area (Å²) in [6, 6.07) is 6.63. The Labute approximate surface area is 108 Å². The first kappa shape index (κ1) is 12.4. The summed E-state index contributed by atoms with van der Waals surface area (Å²) in [6.07, 6.45) is -0.133. The van der Waals surface area contributed by atoms with Crippen LogP contribution in [-0.4, -0.2) is 41.3 Å². The molecule has 0 aliphatic carbocycles. The molecule has 1 aromatic carbocycles. The fraction of sp³-hybridized carbons (Fsp3) is 0.182. The molecule has 0 aromatic heterocycles. The second-order valence-electron chi connectivity index (χ2n) is 3.71. The number of aldehydes is 1. The van der Waals surface area contributed by atoms with Crippen molar-refractivity contribution in [2.45, 2.75) is 6.17 Å². The molecule has 1 aliphatic rings. The predicted molar refractivity (Wildman–Crippen MR) is 66.6 cm³/mol. The predicted octanol–water partition coefficient (Wildman–Crippen LogP) is 1.01. The van der Waals surface area contributed by atoms with Crippen LogP contribution in [0.15, 0.2) is 29.4 Å². The quantitative estimate of drug-likeness (QED) is 0.828. The van der Waals surface area contributed by atoms with E-state index in [0.29, 0.717) is 17.0 Å². The van der Waals surface area contributed by atoms with E-state index in [4.69, 9.17) is 16.7 Å². The minimum absolute atomic E-state index is 0.179. The van der Waals surface area contributed by atoms with Crippen LogP contribution in [0.4, 0.5) is 5.69 Å². The first-order chi connectivity index (χ1) is 8.54. The number of carboxylic acids is 1. The molecule has 1 heterocycles. The summed E-state index contributed by atoms with van der Waals surface area (Å²) >= 11 is 5.77. The third kappa shape index (κ3) is 2.02. The monoisotopic (exact) mass is 267 g/mol. The normalized spacial score (nSPS) is 18.8. The van der Waals surface area contributed by atoms with Crippen LogP contribution >= 0.6 is 11.6 Å². The van der Waals surface area contributed by atoms with Gasteiger partial charge in [-0.1, -0.05) is 11.6 Å². The van der Waals surface area contributed by atoms with Crippen LogP contribution in [0.1, 0.15) is 0 Å². The Kier molecular flexibility index (Phi) is 3.20. The van der Waals surface area contributed by atoms with Crippen LogP contribution in [0.3, 0.4) is 0 Å². The van der Waals surface area contributed by atoms with E-state index < -0.39 is 12.1 Å². The molecule has 0 saturated heterocycles. The number of rotatable bonds is 3. The molecule has 1 unspecified atom stereocenters. The highest BCUT2D eigenvalue weighted by molar-refractivity contribution is 6.35. The largest absolute Gasteiger partial charge is 0.475 e. The first-order valence-electron chi connectivity index (χ1n) is 5.09. The molecule has 2 rings (SSSR count). The van der Waals surface area contributed by atoms with Gasteiger partial charge in [0, 0.05) is 12.1 Å². The fourth-order valence-corrected chi connectivity index (χ4v) is 1.79. The van der Waals surface area contributed by atoms with Crippen LogP contribution in [0.25, 0.3) is 0 Å². The zero-order valence-corrected chi connectivity index (χ0v) is 10.2. The molecule has 0 saturated carbocycles.